The minimum atomic E-state index is -0.562. The first kappa shape index (κ1) is 18.7. The van der Waals surface area contributed by atoms with Gasteiger partial charge in [-0.3, -0.25) is 9.78 Å². The Balaban J connectivity index is 1.58. The number of aromatic nitrogens is 6. The first-order valence-electron chi connectivity index (χ1n) is 8.78. The molecule has 12 nitrogen and oxygen atoms in total. The van der Waals surface area contributed by atoms with Crippen molar-refractivity contribution in [2.45, 2.75) is 6.54 Å². The molecule has 3 heterocycles. The van der Waals surface area contributed by atoms with Gasteiger partial charge in [-0.05, 0) is 34.6 Å². The summed E-state index contributed by atoms with van der Waals surface area (Å²) < 4.78 is 5.93. The van der Waals surface area contributed by atoms with E-state index in [0.717, 1.165) is 5.69 Å². The van der Waals surface area contributed by atoms with Gasteiger partial charge in [0.25, 0.3) is 5.91 Å². The second-order valence-electron chi connectivity index (χ2n) is 5.94. The molecule has 3 aromatic heterocycles. The fourth-order valence-electron chi connectivity index (χ4n) is 2.55. The Morgan fingerprint density at radius 2 is 2.00 bits per heavy atom. The molecule has 12 heteroatoms. The van der Waals surface area contributed by atoms with E-state index >= 15 is 0 Å². The molecule has 0 radical (unpaired) electrons. The Morgan fingerprint density at radius 3 is 2.73 bits per heavy atom. The number of amides is 1. The molecule has 1 amide bonds. The summed E-state index contributed by atoms with van der Waals surface area (Å²) in [5, 5.41) is 22.3. The number of anilines is 2. The van der Waals surface area contributed by atoms with Gasteiger partial charge in [0, 0.05) is 11.9 Å². The van der Waals surface area contributed by atoms with E-state index in [1.807, 2.05) is 36.4 Å². The number of benzene rings is 1. The van der Waals surface area contributed by atoms with E-state index in [1.165, 1.54) is 10.9 Å². The molecule has 30 heavy (non-hydrogen) atoms. The van der Waals surface area contributed by atoms with Crippen LogP contribution in [0.15, 0.2) is 64.5 Å². The van der Waals surface area contributed by atoms with Gasteiger partial charge in [0.05, 0.1) is 24.1 Å². The van der Waals surface area contributed by atoms with Crippen molar-refractivity contribution in [3.63, 3.8) is 0 Å². The molecular formula is C18H16N10O2. The molecule has 4 rings (SSSR count). The summed E-state index contributed by atoms with van der Waals surface area (Å²) in [4.78, 5) is 16.7. The van der Waals surface area contributed by atoms with Crippen molar-refractivity contribution in [1.82, 2.24) is 35.7 Å². The molecular weight excluding hydrogens is 388 g/mol. The van der Waals surface area contributed by atoms with Gasteiger partial charge in [0.1, 0.15) is 0 Å². The Labute approximate surface area is 169 Å². The lowest BCUT2D eigenvalue weighted by molar-refractivity contribution is 0.0949. The monoisotopic (exact) mass is 404 g/mol. The van der Waals surface area contributed by atoms with Crippen LogP contribution in [0.2, 0.25) is 0 Å². The maximum atomic E-state index is 12.7. The second kappa shape index (κ2) is 8.60. The molecule has 0 fully saturated rings. The summed E-state index contributed by atoms with van der Waals surface area (Å²) in [5.74, 6) is -0.419. The van der Waals surface area contributed by atoms with E-state index < -0.39 is 5.91 Å². The lowest BCUT2D eigenvalue weighted by atomic mass is 10.2. The Hall–Kier alpha value is -4.61. The first-order valence-corrected chi connectivity index (χ1v) is 8.78. The van der Waals surface area contributed by atoms with E-state index in [9.17, 15) is 4.79 Å². The number of carbonyl (C=O) groups is 1. The molecule has 0 aliphatic rings. The van der Waals surface area contributed by atoms with Crippen LogP contribution in [0.5, 0.6) is 0 Å². The van der Waals surface area contributed by atoms with Gasteiger partial charge in [0.15, 0.2) is 5.69 Å². The summed E-state index contributed by atoms with van der Waals surface area (Å²) in [7, 11) is 0. The third-order valence-electron chi connectivity index (χ3n) is 3.96. The smallest absolute Gasteiger partial charge is 0.293 e. The molecule has 1 aromatic carbocycles. The van der Waals surface area contributed by atoms with Crippen LogP contribution in [0.4, 0.5) is 11.5 Å². The fraction of sp³-hybridized carbons (Fsp3) is 0.0556. The Bertz CT molecular complexity index is 1150. The average molecular weight is 404 g/mol. The number of pyridine rings is 1. The number of nitrogen functional groups attached to an aromatic ring is 1. The third-order valence-corrected chi connectivity index (χ3v) is 3.96. The number of nitrogens with two attached hydrogens (primary N) is 1. The van der Waals surface area contributed by atoms with Crippen molar-refractivity contribution in [3.8, 4) is 5.82 Å². The van der Waals surface area contributed by atoms with Crippen molar-refractivity contribution in [3.05, 3.63) is 71.8 Å². The van der Waals surface area contributed by atoms with Gasteiger partial charge in [-0.1, -0.05) is 29.5 Å². The molecule has 0 spiro atoms. The summed E-state index contributed by atoms with van der Waals surface area (Å²) >= 11 is 0. The summed E-state index contributed by atoms with van der Waals surface area (Å²) in [6.45, 7) is 0.204. The minimum Gasteiger partial charge on any atom is -0.379 e. The number of para-hydroxylation sites is 1. The van der Waals surface area contributed by atoms with E-state index in [2.05, 4.69) is 46.1 Å². The van der Waals surface area contributed by atoms with Crippen LogP contribution in [0.1, 0.15) is 21.9 Å². The van der Waals surface area contributed by atoms with Crippen LogP contribution < -0.4 is 16.5 Å². The topological polar surface area (TPSA) is 162 Å². The molecule has 0 saturated heterocycles. The van der Waals surface area contributed by atoms with Crippen LogP contribution in [-0.4, -0.2) is 42.4 Å². The highest BCUT2D eigenvalue weighted by Crippen LogP contribution is 2.17. The van der Waals surface area contributed by atoms with Crippen LogP contribution >= 0.6 is 0 Å². The van der Waals surface area contributed by atoms with Gasteiger partial charge in [-0.2, -0.15) is 9.78 Å². The van der Waals surface area contributed by atoms with Gasteiger partial charge < -0.3 is 11.1 Å². The highest BCUT2D eigenvalue weighted by molar-refractivity contribution is 5.94. The van der Waals surface area contributed by atoms with Gasteiger partial charge in [-0.25, -0.2) is 10.1 Å². The van der Waals surface area contributed by atoms with E-state index in [4.69, 9.17) is 5.73 Å². The number of hydrogen-bond acceptors (Lipinski definition) is 10. The van der Waals surface area contributed by atoms with E-state index in [0.29, 0.717) is 11.4 Å². The molecule has 0 aliphatic carbocycles. The van der Waals surface area contributed by atoms with Crippen molar-refractivity contribution in [2.75, 3.05) is 11.1 Å². The van der Waals surface area contributed by atoms with Gasteiger partial charge in [-0.15, -0.1) is 5.10 Å². The van der Waals surface area contributed by atoms with Crippen LogP contribution in [0.3, 0.4) is 0 Å². The van der Waals surface area contributed by atoms with Crippen molar-refractivity contribution >= 4 is 23.6 Å². The number of nitrogens with zero attached hydrogens (tertiary/aromatic N) is 7. The molecule has 0 bridgehead atoms. The zero-order chi connectivity index (χ0) is 20.8. The maximum absolute atomic E-state index is 12.7. The van der Waals surface area contributed by atoms with Crippen LogP contribution in [0, 0.1) is 0 Å². The lowest BCUT2D eigenvalue weighted by Gasteiger charge is -2.08. The fourth-order valence-corrected chi connectivity index (χ4v) is 2.55. The quantitative estimate of drug-likeness (QED) is 0.301. The van der Waals surface area contributed by atoms with Gasteiger partial charge in [0.2, 0.25) is 11.6 Å². The molecule has 0 unspecified atom stereocenters. The Morgan fingerprint density at radius 1 is 1.17 bits per heavy atom. The summed E-state index contributed by atoms with van der Waals surface area (Å²) in [6, 6.07) is 14.8. The third kappa shape index (κ3) is 4.11. The Kier molecular flexibility index (Phi) is 5.37. The molecule has 0 saturated carbocycles. The summed E-state index contributed by atoms with van der Waals surface area (Å²) in [5.41, 5.74) is 10.1. The molecule has 150 valence electrons. The maximum Gasteiger partial charge on any atom is 0.293 e. The number of hydrogen-bond donors (Lipinski definition) is 3. The van der Waals surface area contributed by atoms with Crippen LogP contribution in [0.25, 0.3) is 5.82 Å². The first-order chi connectivity index (χ1) is 14.7. The number of hydrazone groups is 1. The number of rotatable bonds is 7. The number of carbonyl (C=O) groups excluding carboxylic acids is 1. The molecule has 0 aliphatic heterocycles. The van der Waals surface area contributed by atoms with Crippen molar-refractivity contribution in [1.29, 1.82) is 0 Å². The average Bonchev–Trinajstić information content (AvgIpc) is 3.39. The molecule has 0 atom stereocenters. The SMILES string of the molecule is Nc1nonc1-n1nnc(C(=O)N/N=C/c2ccccn2)c1CNc1ccccc1. The summed E-state index contributed by atoms with van der Waals surface area (Å²) in [6.07, 6.45) is 3.04. The van der Waals surface area contributed by atoms with E-state index in [-0.39, 0.29) is 23.9 Å². The largest absolute Gasteiger partial charge is 0.379 e. The molecule has 4 N–H and O–H groups in total. The zero-order valence-electron chi connectivity index (χ0n) is 15.5. The van der Waals surface area contributed by atoms with Crippen molar-refractivity contribution in [2.24, 2.45) is 5.10 Å². The zero-order valence-corrected chi connectivity index (χ0v) is 15.5. The normalized spacial score (nSPS) is 10.9. The van der Waals surface area contributed by atoms with Gasteiger partial charge >= 0.3 is 0 Å². The molecule has 4 aromatic rings. The van der Waals surface area contributed by atoms with Crippen LogP contribution in [-0.2, 0) is 6.54 Å². The number of nitrogens with one attached hydrogen (secondary N) is 2. The van der Waals surface area contributed by atoms with E-state index in [1.54, 1.807) is 18.3 Å². The predicted molar refractivity (Wildman–Crippen MR) is 107 cm³/mol. The highest BCUT2D eigenvalue weighted by Gasteiger charge is 2.23. The van der Waals surface area contributed by atoms with Crippen molar-refractivity contribution < 1.29 is 9.42 Å². The highest BCUT2D eigenvalue weighted by atomic mass is 16.6. The minimum absolute atomic E-state index is 0.0148. The second-order valence-corrected chi connectivity index (χ2v) is 5.94. The predicted octanol–water partition coefficient (Wildman–Crippen LogP) is 1.00. The standard InChI is InChI=1S/C18H16N10O2/c19-16-17(26-30-25-16)28-14(11-21-12-6-2-1-3-7-12)15(23-27-28)18(29)24-22-10-13-8-4-5-9-20-13/h1-10,21H,11H2,(H2,19,25)(H,24,29)/b22-10+. The lowest BCUT2D eigenvalue weighted by Crippen LogP contribution is -2.21.